The molecule has 1 saturated carbocycles. The summed E-state index contributed by atoms with van der Waals surface area (Å²) in [7, 11) is -3.74. The molecule has 7 heteroatoms. The van der Waals surface area contributed by atoms with Crippen LogP contribution in [0.1, 0.15) is 37.7 Å². The van der Waals surface area contributed by atoms with E-state index in [2.05, 4.69) is 5.32 Å². The van der Waals surface area contributed by atoms with Gasteiger partial charge in [0.15, 0.2) is 5.78 Å². The Labute approximate surface area is 188 Å². The van der Waals surface area contributed by atoms with Crippen LogP contribution in [0.5, 0.6) is 0 Å². The highest BCUT2D eigenvalue weighted by Gasteiger charge is 2.52. The fraction of sp³-hybridized carbons (Fsp3) is 0.360. The molecule has 1 aliphatic carbocycles. The number of rotatable bonds is 4. The number of likely N-dealkylation sites (tertiary alicyclic amines) is 1. The van der Waals surface area contributed by atoms with Crippen LogP contribution in [0.3, 0.4) is 0 Å². The van der Waals surface area contributed by atoms with Gasteiger partial charge in [0.25, 0.3) is 0 Å². The number of para-hydroxylation sites is 1. The lowest BCUT2D eigenvalue weighted by molar-refractivity contribution is -0.132. The summed E-state index contributed by atoms with van der Waals surface area (Å²) < 4.78 is 25.7. The molecule has 2 fully saturated rings. The lowest BCUT2D eigenvalue weighted by Gasteiger charge is -2.32. The van der Waals surface area contributed by atoms with Gasteiger partial charge in [0.2, 0.25) is 15.7 Å². The summed E-state index contributed by atoms with van der Waals surface area (Å²) in [6.45, 7) is 0.347. The van der Waals surface area contributed by atoms with Crippen molar-refractivity contribution in [3.8, 4) is 0 Å². The molecule has 32 heavy (non-hydrogen) atoms. The number of sulfone groups is 1. The standard InChI is InChI=1S/C25H26N2O4S/c28-24-22(20-16-32(30,31)21-14-8-7-13-19(21)26-20)25(29)27(15-17-9-3-1-4-10-17)23(24)18-11-5-2-6-12-18/h1,3-4,7-10,13-14,16,18,22-23,26H,2,5-6,11-12,15H2/t22?,23-/m0/s1. The van der Waals surface area contributed by atoms with Gasteiger partial charge in [-0.2, -0.15) is 0 Å². The van der Waals surface area contributed by atoms with Crippen molar-refractivity contribution in [3.05, 3.63) is 71.3 Å². The zero-order valence-electron chi connectivity index (χ0n) is 17.7. The van der Waals surface area contributed by atoms with E-state index >= 15 is 0 Å². The molecule has 5 rings (SSSR count). The third-order valence-electron chi connectivity index (χ3n) is 6.80. The molecule has 0 bridgehead atoms. The molecule has 0 spiro atoms. The maximum absolute atomic E-state index is 13.7. The van der Waals surface area contributed by atoms with E-state index in [9.17, 15) is 18.0 Å². The summed E-state index contributed by atoms with van der Waals surface area (Å²) in [6, 6.07) is 15.7. The Kier molecular flexibility index (Phi) is 5.37. The van der Waals surface area contributed by atoms with E-state index in [0.717, 1.165) is 43.1 Å². The van der Waals surface area contributed by atoms with Gasteiger partial charge in [-0.3, -0.25) is 9.59 Å². The minimum absolute atomic E-state index is 0.113. The van der Waals surface area contributed by atoms with Crippen molar-refractivity contribution in [3.63, 3.8) is 0 Å². The van der Waals surface area contributed by atoms with E-state index in [1.54, 1.807) is 23.1 Å². The fourth-order valence-electron chi connectivity index (χ4n) is 5.30. The fourth-order valence-corrected chi connectivity index (χ4v) is 6.65. The first-order valence-electron chi connectivity index (χ1n) is 11.2. The second-order valence-corrected chi connectivity index (χ2v) is 10.6. The second kappa shape index (κ2) is 8.20. The van der Waals surface area contributed by atoms with Crippen molar-refractivity contribution >= 4 is 27.2 Å². The Balaban J connectivity index is 1.53. The number of amides is 1. The highest BCUT2D eigenvalue weighted by Crippen LogP contribution is 2.40. The molecule has 2 aromatic carbocycles. The van der Waals surface area contributed by atoms with Gasteiger partial charge in [-0.05, 0) is 36.5 Å². The van der Waals surface area contributed by atoms with Crippen molar-refractivity contribution in [1.82, 2.24) is 4.90 Å². The van der Waals surface area contributed by atoms with Gasteiger partial charge in [0.05, 0.1) is 22.0 Å². The molecule has 3 aliphatic rings. The SMILES string of the molecule is O=C1C(C2=CS(=O)(=O)c3ccccc3N2)C(=O)N(Cc2ccccc2)[C@H]1C1CCCCC1. The highest BCUT2D eigenvalue weighted by molar-refractivity contribution is 7.94. The summed E-state index contributed by atoms with van der Waals surface area (Å²) in [6.07, 6.45) is 5.07. The van der Waals surface area contributed by atoms with Crippen LogP contribution in [-0.4, -0.2) is 31.0 Å². The molecular formula is C25H26N2O4S. The number of nitrogens with zero attached hydrogens (tertiary/aromatic N) is 1. The van der Waals surface area contributed by atoms with Gasteiger partial charge >= 0.3 is 0 Å². The number of Topliss-reactive ketones (excluding diaryl/α,β-unsaturated/α-hetero) is 1. The summed E-state index contributed by atoms with van der Waals surface area (Å²) in [5.41, 5.74) is 1.52. The summed E-state index contributed by atoms with van der Waals surface area (Å²) in [4.78, 5) is 29.2. The van der Waals surface area contributed by atoms with Gasteiger partial charge in [0.1, 0.15) is 5.92 Å². The number of carbonyl (C=O) groups is 2. The molecule has 1 unspecified atom stereocenters. The van der Waals surface area contributed by atoms with Crippen LogP contribution in [0.15, 0.2) is 70.6 Å². The first-order valence-corrected chi connectivity index (χ1v) is 12.7. The molecule has 1 N–H and O–H groups in total. The molecule has 2 heterocycles. The summed E-state index contributed by atoms with van der Waals surface area (Å²) >= 11 is 0. The molecular weight excluding hydrogens is 424 g/mol. The average molecular weight is 451 g/mol. The maximum atomic E-state index is 13.7. The number of hydrogen-bond acceptors (Lipinski definition) is 5. The minimum atomic E-state index is -3.74. The Morgan fingerprint density at radius 3 is 2.34 bits per heavy atom. The van der Waals surface area contributed by atoms with Gasteiger partial charge < -0.3 is 10.2 Å². The second-order valence-electron chi connectivity index (χ2n) is 8.87. The van der Waals surface area contributed by atoms with Crippen LogP contribution in [0.25, 0.3) is 0 Å². The zero-order chi connectivity index (χ0) is 22.3. The van der Waals surface area contributed by atoms with Crippen molar-refractivity contribution in [2.45, 2.75) is 49.6 Å². The minimum Gasteiger partial charge on any atom is -0.356 e. The Morgan fingerprint density at radius 2 is 1.59 bits per heavy atom. The van der Waals surface area contributed by atoms with Crippen molar-refractivity contribution in [2.24, 2.45) is 11.8 Å². The quantitative estimate of drug-likeness (QED) is 0.714. The summed E-state index contributed by atoms with van der Waals surface area (Å²) in [5, 5.41) is 4.15. The highest BCUT2D eigenvalue weighted by atomic mass is 32.2. The van der Waals surface area contributed by atoms with Crippen molar-refractivity contribution < 1.29 is 18.0 Å². The molecule has 2 aromatic rings. The van der Waals surface area contributed by atoms with Gasteiger partial charge in [-0.15, -0.1) is 0 Å². The smallest absolute Gasteiger partial charge is 0.240 e. The van der Waals surface area contributed by atoms with E-state index in [0.29, 0.717) is 12.2 Å². The van der Waals surface area contributed by atoms with Crippen molar-refractivity contribution in [2.75, 3.05) is 5.32 Å². The Hall–Kier alpha value is -2.93. The molecule has 2 aliphatic heterocycles. The zero-order valence-corrected chi connectivity index (χ0v) is 18.6. The number of anilines is 1. The molecule has 0 radical (unpaired) electrons. The van der Waals surface area contributed by atoms with Crippen LogP contribution in [0.4, 0.5) is 5.69 Å². The van der Waals surface area contributed by atoms with Gasteiger partial charge in [-0.1, -0.05) is 61.7 Å². The van der Waals surface area contributed by atoms with E-state index in [-0.39, 0.29) is 28.2 Å². The third-order valence-corrected chi connectivity index (χ3v) is 8.33. The number of ketones is 1. The normalized spacial score (nSPS) is 25.2. The third kappa shape index (κ3) is 3.64. The van der Waals surface area contributed by atoms with Crippen molar-refractivity contribution in [1.29, 1.82) is 0 Å². The lowest BCUT2D eigenvalue weighted by Crippen LogP contribution is -2.41. The number of fused-ring (bicyclic) bond motifs is 1. The lowest BCUT2D eigenvalue weighted by atomic mass is 9.81. The predicted octanol–water partition coefficient (Wildman–Crippen LogP) is 3.90. The molecule has 1 amide bonds. The monoisotopic (exact) mass is 450 g/mol. The molecule has 1 saturated heterocycles. The topological polar surface area (TPSA) is 83.5 Å². The van der Waals surface area contributed by atoms with E-state index < -0.39 is 21.8 Å². The first kappa shape index (κ1) is 20.9. The Bertz CT molecular complexity index is 1180. The van der Waals surface area contributed by atoms with E-state index in [1.165, 1.54) is 6.07 Å². The largest absolute Gasteiger partial charge is 0.356 e. The van der Waals surface area contributed by atoms with Crippen LogP contribution in [0.2, 0.25) is 0 Å². The van der Waals surface area contributed by atoms with Crippen LogP contribution in [-0.2, 0) is 26.0 Å². The molecule has 166 valence electrons. The predicted molar refractivity (Wildman–Crippen MR) is 121 cm³/mol. The van der Waals surface area contributed by atoms with E-state index in [4.69, 9.17) is 0 Å². The number of nitrogens with one attached hydrogen (secondary N) is 1. The maximum Gasteiger partial charge on any atom is 0.240 e. The number of benzene rings is 2. The van der Waals surface area contributed by atoms with Crippen LogP contribution in [0, 0.1) is 11.8 Å². The Morgan fingerprint density at radius 1 is 0.906 bits per heavy atom. The van der Waals surface area contributed by atoms with Gasteiger partial charge in [0, 0.05) is 12.2 Å². The summed E-state index contributed by atoms with van der Waals surface area (Å²) in [5.74, 6) is -1.51. The first-order chi connectivity index (χ1) is 15.5. The molecule has 2 atom stereocenters. The van der Waals surface area contributed by atoms with Crippen LogP contribution < -0.4 is 5.32 Å². The number of hydrogen-bond donors (Lipinski definition) is 1. The molecule has 0 aromatic heterocycles. The average Bonchev–Trinajstić information content (AvgIpc) is 3.04. The molecule has 6 nitrogen and oxygen atoms in total. The van der Waals surface area contributed by atoms with E-state index in [1.807, 2.05) is 30.3 Å². The van der Waals surface area contributed by atoms with Gasteiger partial charge in [-0.25, -0.2) is 8.42 Å². The number of carbonyl (C=O) groups excluding carboxylic acids is 2. The van der Waals surface area contributed by atoms with Crippen LogP contribution >= 0.6 is 0 Å².